The monoisotopic (exact) mass is 370 g/mol. The largest absolute Gasteiger partial charge is 0.397 e. The minimum Gasteiger partial charge on any atom is -0.397 e. The van der Waals surface area contributed by atoms with Crippen molar-refractivity contribution in [2.75, 3.05) is 18.5 Å². The average molecular weight is 371 g/mol. The number of nitrogen functional groups attached to an aromatic ring is 1. The third-order valence-corrected chi connectivity index (χ3v) is 6.79. The Morgan fingerprint density at radius 1 is 1.55 bits per heavy atom. The van der Waals surface area contributed by atoms with E-state index in [1.807, 2.05) is 30.0 Å². The number of thiophene rings is 1. The quantitative estimate of drug-likeness (QED) is 0.858. The number of fused-ring (bicyclic) bond motifs is 1. The van der Waals surface area contributed by atoms with Gasteiger partial charge in [0.2, 0.25) is 0 Å². The first-order valence-electron chi connectivity index (χ1n) is 6.35. The van der Waals surface area contributed by atoms with Crippen molar-refractivity contribution in [3.63, 3.8) is 0 Å². The van der Waals surface area contributed by atoms with Gasteiger partial charge >= 0.3 is 0 Å². The van der Waals surface area contributed by atoms with Crippen LogP contribution >= 0.6 is 39.0 Å². The first-order valence-corrected chi connectivity index (χ1v) is 9.19. The lowest BCUT2D eigenvalue weighted by atomic mass is 10.2. The lowest BCUT2D eigenvalue weighted by Gasteiger charge is -2.12. The number of anilines is 1. The molecule has 1 aromatic heterocycles. The van der Waals surface area contributed by atoms with Crippen molar-refractivity contribution in [2.24, 2.45) is 0 Å². The van der Waals surface area contributed by atoms with Crippen LogP contribution in [-0.2, 0) is 0 Å². The van der Waals surface area contributed by atoms with Crippen LogP contribution in [0, 0.1) is 0 Å². The molecule has 1 aliphatic carbocycles. The molecule has 0 spiro atoms. The number of rotatable bonds is 4. The van der Waals surface area contributed by atoms with Crippen molar-refractivity contribution in [3.05, 3.63) is 27.5 Å². The van der Waals surface area contributed by atoms with Gasteiger partial charge in [-0.25, -0.2) is 0 Å². The summed E-state index contributed by atoms with van der Waals surface area (Å²) in [5.41, 5.74) is 6.69. The molecule has 1 aromatic carbocycles. The van der Waals surface area contributed by atoms with E-state index in [1.165, 1.54) is 24.2 Å². The smallest absolute Gasteiger partial charge is 0.263 e. The summed E-state index contributed by atoms with van der Waals surface area (Å²) in [5.74, 6) is -0.0554. The Balaban J connectivity index is 1.82. The van der Waals surface area contributed by atoms with Gasteiger partial charge in [-0.3, -0.25) is 4.79 Å². The highest BCUT2D eigenvalue weighted by Crippen LogP contribution is 2.46. The highest BCUT2D eigenvalue weighted by molar-refractivity contribution is 9.10. The van der Waals surface area contributed by atoms with Crippen LogP contribution in [-0.4, -0.2) is 23.5 Å². The van der Waals surface area contributed by atoms with Crippen LogP contribution in [0.15, 0.2) is 22.7 Å². The average Bonchev–Trinajstić information content (AvgIpc) is 3.15. The van der Waals surface area contributed by atoms with Crippen molar-refractivity contribution in [1.29, 1.82) is 0 Å². The van der Waals surface area contributed by atoms with Gasteiger partial charge < -0.3 is 11.1 Å². The van der Waals surface area contributed by atoms with Gasteiger partial charge in [0.05, 0.1) is 5.69 Å². The molecule has 3 N–H and O–H groups in total. The van der Waals surface area contributed by atoms with E-state index in [1.54, 1.807) is 0 Å². The van der Waals surface area contributed by atoms with Gasteiger partial charge in [0.15, 0.2) is 0 Å². The Kier molecular flexibility index (Phi) is 3.73. The summed E-state index contributed by atoms with van der Waals surface area (Å²) in [6.07, 6.45) is 4.47. The van der Waals surface area contributed by atoms with E-state index in [-0.39, 0.29) is 10.7 Å². The van der Waals surface area contributed by atoms with E-state index < -0.39 is 0 Å². The highest BCUT2D eigenvalue weighted by Gasteiger charge is 2.42. The number of hydrogen-bond donors (Lipinski definition) is 2. The predicted octanol–water partition coefficient (Wildman–Crippen LogP) is 3.87. The molecule has 1 aliphatic rings. The van der Waals surface area contributed by atoms with Crippen molar-refractivity contribution in [1.82, 2.24) is 5.32 Å². The summed E-state index contributed by atoms with van der Waals surface area (Å²) in [6, 6.07) is 5.89. The molecular formula is C14H15BrN2OS2. The van der Waals surface area contributed by atoms with Gasteiger partial charge in [0.1, 0.15) is 4.88 Å². The summed E-state index contributed by atoms with van der Waals surface area (Å²) >= 11 is 6.73. The van der Waals surface area contributed by atoms with E-state index >= 15 is 0 Å². The summed E-state index contributed by atoms with van der Waals surface area (Å²) in [7, 11) is 0. The van der Waals surface area contributed by atoms with Gasteiger partial charge in [-0.05, 0) is 31.2 Å². The zero-order valence-electron chi connectivity index (χ0n) is 11.0. The minimum absolute atomic E-state index is 0.0554. The van der Waals surface area contributed by atoms with Gasteiger partial charge in [-0.15, -0.1) is 11.3 Å². The van der Waals surface area contributed by atoms with Crippen LogP contribution in [0.2, 0.25) is 0 Å². The maximum atomic E-state index is 12.3. The summed E-state index contributed by atoms with van der Waals surface area (Å²) in [6.45, 7) is 0.727. The number of nitrogens with two attached hydrogens (primary N) is 1. The lowest BCUT2D eigenvalue weighted by Crippen LogP contribution is -2.31. The van der Waals surface area contributed by atoms with Gasteiger partial charge in [-0.2, -0.15) is 11.8 Å². The number of hydrogen-bond acceptors (Lipinski definition) is 4. The van der Waals surface area contributed by atoms with Crippen molar-refractivity contribution >= 4 is 60.7 Å². The number of carbonyl (C=O) groups excluding carboxylic acids is 1. The third kappa shape index (κ3) is 2.56. The molecule has 1 fully saturated rings. The topological polar surface area (TPSA) is 55.1 Å². The molecule has 1 heterocycles. The molecule has 0 saturated heterocycles. The number of halogens is 1. The summed E-state index contributed by atoms with van der Waals surface area (Å²) < 4.78 is 2.30. The molecule has 0 unspecified atom stereocenters. The molecule has 0 aliphatic heterocycles. The van der Waals surface area contributed by atoms with E-state index in [0.29, 0.717) is 10.6 Å². The zero-order valence-corrected chi connectivity index (χ0v) is 14.3. The molecule has 6 heteroatoms. The second kappa shape index (κ2) is 5.24. The second-order valence-electron chi connectivity index (χ2n) is 5.06. The second-order valence-corrected chi connectivity index (χ2v) is 8.30. The minimum atomic E-state index is -0.0554. The maximum Gasteiger partial charge on any atom is 0.263 e. The Labute approximate surface area is 134 Å². The van der Waals surface area contributed by atoms with Gasteiger partial charge in [0.25, 0.3) is 5.91 Å². The Hall–Kier alpha value is -0.720. The van der Waals surface area contributed by atoms with Crippen molar-refractivity contribution in [3.8, 4) is 0 Å². The van der Waals surface area contributed by atoms with Gasteiger partial charge in [0, 0.05) is 25.9 Å². The first-order chi connectivity index (χ1) is 9.54. The Morgan fingerprint density at radius 3 is 2.95 bits per heavy atom. The highest BCUT2D eigenvalue weighted by atomic mass is 79.9. The molecule has 3 rings (SSSR count). The number of benzene rings is 1. The van der Waals surface area contributed by atoms with Crippen LogP contribution in [0.1, 0.15) is 22.5 Å². The van der Waals surface area contributed by atoms with Crippen LogP contribution in [0.5, 0.6) is 0 Å². The first kappa shape index (κ1) is 14.2. The molecule has 2 aromatic rings. The summed E-state index contributed by atoms with van der Waals surface area (Å²) in [4.78, 5) is 12.9. The zero-order chi connectivity index (χ0) is 14.3. The number of carbonyl (C=O) groups is 1. The van der Waals surface area contributed by atoms with E-state index in [4.69, 9.17) is 5.73 Å². The standard InChI is InChI=1S/C14H15BrN2OS2/c1-19-14(4-5-14)7-17-13(18)12-11(16)9-3-2-8(15)6-10(9)20-12/h2-3,6H,4-5,7,16H2,1H3,(H,17,18). The van der Waals surface area contributed by atoms with Crippen LogP contribution in [0.4, 0.5) is 5.69 Å². The molecule has 3 nitrogen and oxygen atoms in total. The van der Waals surface area contributed by atoms with Crippen molar-refractivity contribution in [2.45, 2.75) is 17.6 Å². The number of thioether (sulfide) groups is 1. The van der Waals surface area contributed by atoms with Crippen molar-refractivity contribution < 1.29 is 4.79 Å². The summed E-state index contributed by atoms with van der Waals surface area (Å²) in [5, 5.41) is 3.98. The SMILES string of the molecule is CSC1(CNC(=O)c2sc3cc(Br)ccc3c2N)CC1. The van der Waals surface area contributed by atoms with Gasteiger partial charge in [-0.1, -0.05) is 22.0 Å². The normalized spacial score (nSPS) is 16.3. The lowest BCUT2D eigenvalue weighted by molar-refractivity contribution is 0.0958. The van der Waals surface area contributed by atoms with E-state index in [0.717, 1.165) is 21.1 Å². The maximum absolute atomic E-state index is 12.3. The molecule has 106 valence electrons. The Bertz CT molecular complexity index is 679. The number of nitrogens with one attached hydrogen (secondary N) is 1. The van der Waals surface area contributed by atoms with E-state index in [9.17, 15) is 4.79 Å². The van der Waals surface area contributed by atoms with Crippen LogP contribution < -0.4 is 11.1 Å². The van der Waals surface area contributed by atoms with Crippen LogP contribution in [0.25, 0.3) is 10.1 Å². The fourth-order valence-electron chi connectivity index (χ4n) is 2.17. The Morgan fingerprint density at radius 2 is 2.30 bits per heavy atom. The fourth-order valence-corrected chi connectivity index (χ4v) is 4.49. The molecule has 1 amide bonds. The molecule has 1 saturated carbocycles. The molecule has 0 atom stereocenters. The van der Waals surface area contributed by atoms with E-state index in [2.05, 4.69) is 27.5 Å². The fraction of sp³-hybridized carbons (Fsp3) is 0.357. The number of amides is 1. The molecule has 20 heavy (non-hydrogen) atoms. The molecular weight excluding hydrogens is 356 g/mol. The van der Waals surface area contributed by atoms with Crippen LogP contribution in [0.3, 0.4) is 0 Å². The molecule has 0 bridgehead atoms. The third-order valence-electron chi connectivity index (χ3n) is 3.71. The predicted molar refractivity (Wildman–Crippen MR) is 91.8 cm³/mol. The molecule has 0 radical (unpaired) electrons.